The van der Waals surface area contributed by atoms with Gasteiger partial charge in [-0.1, -0.05) is 72.8 Å². The lowest BCUT2D eigenvalue weighted by molar-refractivity contribution is -0.134. The average molecular weight is 363 g/mol. The van der Waals surface area contributed by atoms with Gasteiger partial charge in [-0.15, -0.1) is 0 Å². The standard InChI is InChI=1S/C22H25N3O2/c1-15(21(23)26)24-20-18(16-9-5-3-6-10-16)13-14-19(25(2)22(20)27)17-11-7-4-8-12-17/h3-15,18-20,24H,1-2H3,(H2,23,26)/t15-,18+,19-,20-/m0/s1. The van der Waals surface area contributed by atoms with Crippen molar-refractivity contribution in [1.29, 1.82) is 0 Å². The number of carbonyl (C=O) groups is 2. The normalized spacial score (nSPS) is 23.7. The molecule has 0 saturated carbocycles. The molecule has 0 aromatic heterocycles. The maximum atomic E-state index is 13.3. The van der Waals surface area contributed by atoms with Crippen LogP contribution < -0.4 is 11.1 Å². The van der Waals surface area contributed by atoms with Crippen molar-refractivity contribution in [2.24, 2.45) is 5.73 Å². The van der Waals surface area contributed by atoms with Gasteiger partial charge in [0.25, 0.3) is 0 Å². The highest BCUT2D eigenvalue weighted by Crippen LogP contribution is 2.32. The Morgan fingerprint density at radius 3 is 2.11 bits per heavy atom. The van der Waals surface area contributed by atoms with E-state index in [2.05, 4.69) is 17.5 Å². The monoisotopic (exact) mass is 363 g/mol. The topological polar surface area (TPSA) is 75.4 Å². The van der Waals surface area contributed by atoms with Crippen LogP contribution in [0.1, 0.15) is 30.0 Å². The van der Waals surface area contributed by atoms with Crippen LogP contribution in [0, 0.1) is 0 Å². The van der Waals surface area contributed by atoms with Crippen LogP contribution in [0.25, 0.3) is 0 Å². The summed E-state index contributed by atoms with van der Waals surface area (Å²) in [6.45, 7) is 1.68. The second kappa shape index (κ2) is 8.18. The summed E-state index contributed by atoms with van der Waals surface area (Å²) in [6.07, 6.45) is 4.11. The van der Waals surface area contributed by atoms with E-state index in [0.29, 0.717) is 0 Å². The van der Waals surface area contributed by atoms with E-state index in [4.69, 9.17) is 5.73 Å². The molecule has 140 valence electrons. The molecule has 3 N–H and O–H groups in total. The number of nitrogens with zero attached hydrogens (tertiary/aromatic N) is 1. The third-order valence-corrected chi connectivity index (χ3v) is 5.07. The van der Waals surface area contributed by atoms with E-state index in [0.717, 1.165) is 11.1 Å². The molecule has 1 heterocycles. The zero-order valence-corrected chi connectivity index (χ0v) is 15.6. The Hall–Kier alpha value is -2.92. The molecule has 0 radical (unpaired) electrons. The molecule has 0 fully saturated rings. The zero-order chi connectivity index (χ0) is 19.4. The van der Waals surface area contributed by atoms with Gasteiger partial charge in [-0.05, 0) is 18.1 Å². The van der Waals surface area contributed by atoms with Gasteiger partial charge >= 0.3 is 0 Å². The third kappa shape index (κ3) is 4.09. The van der Waals surface area contributed by atoms with E-state index in [-0.39, 0.29) is 17.9 Å². The van der Waals surface area contributed by atoms with Crippen molar-refractivity contribution in [3.8, 4) is 0 Å². The van der Waals surface area contributed by atoms with Crippen molar-refractivity contribution in [3.05, 3.63) is 83.9 Å². The van der Waals surface area contributed by atoms with Crippen LogP contribution in [0.3, 0.4) is 0 Å². The van der Waals surface area contributed by atoms with Crippen molar-refractivity contribution >= 4 is 11.8 Å². The molecule has 1 aliphatic heterocycles. The van der Waals surface area contributed by atoms with Crippen molar-refractivity contribution < 1.29 is 9.59 Å². The van der Waals surface area contributed by atoms with Gasteiger partial charge in [0.05, 0.1) is 18.1 Å². The maximum absolute atomic E-state index is 13.3. The quantitative estimate of drug-likeness (QED) is 0.801. The number of amides is 2. The third-order valence-electron chi connectivity index (χ3n) is 5.07. The number of benzene rings is 2. The van der Waals surface area contributed by atoms with Crippen molar-refractivity contribution in [2.45, 2.75) is 31.0 Å². The highest BCUT2D eigenvalue weighted by Gasteiger charge is 2.36. The Morgan fingerprint density at radius 1 is 1.00 bits per heavy atom. The predicted molar refractivity (Wildman–Crippen MR) is 106 cm³/mol. The number of hydrogen-bond acceptors (Lipinski definition) is 3. The summed E-state index contributed by atoms with van der Waals surface area (Å²) in [5, 5.41) is 3.14. The molecular weight excluding hydrogens is 338 g/mol. The van der Waals surface area contributed by atoms with Gasteiger partial charge in [-0.3, -0.25) is 14.9 Å². The summed E-state index contributed by atoms with van der Waals surface area (Å²) in [6, 6.07) is 18.4. The van der Waals surface area contributed by atoms with Crippen LogP contribution in [0.4, 0.5) is 0 Å². The summed E-state index contributed by atoms with van der Waals surface area (Å²) in [7, 11) is 1.79. The second-order valence-corrected chi connectivity index (χ2v) is 6.89. The molecule has 5 nitrogen and oxygen atoms in total. The number of likely N-dealkylation sites (N-methyl/N-ethyl adjacent to an activating group) is 1. The Balaban J connectivity index is 2.01. The number of nitrogens with one attached hydrogen (secondary N) is 1. The van der Waals surface area contributed by atoms with Gasteiger partial charge < -0.3 is 10.6 Å². The molecule has 0 unspecified atom stereocenters. The molecule has 4 atom stereocenters. The SMILES string of the molecule is C[C@H](N[C@@H]1C(=O)N(C)[C@H](c2ccccc2)C=C[C@@H]1c1ccccc1)C(N)=O. The Kier molecular flexibility index (Phi) is 5.72. The van der Waals surface area contributed by atoms with Crippen LogP contribution in [0.2, 0.25) is 0 Å². The van der Waals surface area contributed by atoms with E-state index >= 15 is 0 Å². The molecule has 0 bridgehead atoms. The molecule has 2 aromatic carbocycles. The van der Waals surface area contributed by atoms with Gasteiger partial charge in [-0.25, -0.2) is 0 Å². The number of nitrogens with two attached hydrogens (primary N) is 1. The molecule has 2 aromatic rings. The summed E-state index contributed by atoms with van der Waals surface area (Å²) in [4.78, 5) is 26.7. The van der Waals surface area contributed by atoms with Crippen molar-refractivity contribution in [3.63, 3.8) is 0 Å². The van der Waals surface area contributed by atoms with E-state index < -0.39 is 18.0 Å². The van der Waals surface area contributed by atoms with Crippen molar-refractivity contribution in [2.75, 3.05) is 7.05 Å². The fraction of sp³-hybridized carbons (Fsp3) is 0.273. The summed E-state index contributed by atoms with van der Waals surface area (Å²) in [5.41, 5.74) is 7.48. The average Bonchev–Trinajstić information content (AvgIpc) is 2.81. The first kappa shape index (κ1) is 18.9. The molecule has 5 heteroatoms. The molecule has 2 amide bonds. The largest absolute Gasteiger partial charge is 0.368 e. The Labute approximate surface area is 159 Å². The van der Waals surface area contributed by atoms with Crippen LogP contribution >= 0.6 is 0 Å². The van der Waals surface area contributed by atoms with Crippen LogP contribution in [0.5, 0.6) is 0 Å². The lowest BCUT2D eigenvalue weighted by Crippen LogP contribution is -2.53. The van der Waals surface area contributed by atoms with Gasteiger partial charge in [0, 0.05) is 13.0 Å². The highest BCUT2D eigenvalue weighted by molar-refractivity contribution is 5.86. The smallest absolute Gasteiger partial charge is 0.241 e. The van der Waals surface area contributed by atoms with E-state index in [9.17, 15) is 9.59 Å². The highest BCUT2D eigenvalue weighted by atomic mass is 16.2. The van der Waals surface area contributed by atoms with Crippen molar-refractivity contribution in [1.82, 2.24) is 10.2 Å². The van der Waals surface area contributed by atoms with Gasteiger partial charge in [0.1, 0.15) is 0 Å². The first-order valence-corrected chi connectivity index (χ1v) is 9.09. The van der Waals surface area contributed by atoms with Crippen LogP contribution in [-0.4, -0.2) is 35.8 Å². The van der Waals surface area contributed by atoms with Crippen LogP contribution in [0.15, 0.2) is 72.8 Å². The molecule has 1 aliphatic rings. The minimum Gasteiger partial charge on any atom is -0.368 e. The van der Waals surface area contributed by atoms with E-state index in [1.165, 1.54) is 0 Å². The number of primary amides is 1. The summed E-state index contributed by atoms with van der Waals surface area (Å²) < 4.78 is 0. The number of rotatable bonds is 5. The van der Waals surface area contributed by atoms with Gasteiger partial charge in [0.2, 0.25) is 11.8 Å². The molecule has 3 rings (SSSR count). The number of carbonyl (C=O) groups excluding carboxylic acids is 2. The van der Waals surface area contributed by atoms with E-state index in [1.54, 1.807) is 18.9 Å². The number of hydrogen-bond donors (Lipinski definition) is 2. The molecular formula is C22H25N3O2. The van der Waals surface area contributed by atoms with E-state index in [1.807, 2.05) is 60.7 Å². The minimum atomic E-state index is -0.611. The zero-order valence-electron chi connectivity index (χ0n) is 15.6. The molecule has 0 aliphatic carbocycles. The Bertz CT molecular complexity index is 820. The first-order valence-electron chi connectivity index (χ1n) is 9.09. The lowest BCUT2D eigenvalue weighted by atomic mass is 9.90. The molecule has 0 spiro atoms. The fourth-order valence-electron chi connectivity index (χ4n) is 3.47. The first-order chi connectivity index (χ1) is 13.0. The minimum absolute atomic E-state index is 0.0733. The van der Waals surface area contributed by atoms with Crippen LogP contribution in [-0.2, 0) is 9.59 Å². The molecule has 27 heavy (non-hydrogen) atoms. The maximum Gasteiger partial charge on any atom is 0.241 e. The predicted octanol–water partition coefficient (Wildman–Crippen LogP) is 2.37. The molecule has 0 saturated heterocycles. The summed E-state index contributed by atoms with van der Waals surface area (Å²) >= 11 is 0. The van der Waals surface area contributed by atoms with Gasteiger partial charge in [0.15, 0.2) is 0 Å². The summed E-state index contributed by atoms with van der Waals surface area (Å²) in [5.74, 6) is -0.752. The Morgan fingerprint density at radius 2 is 1.56 bits per heavy atom. The second-order valence-electron chi connectivity index (χ2n) is 6.89. The van der Waals surface area contributed by atoms with Gasteiger partial charge in [-0.2, -0.15) is 0 Å². The fourth-order valence-corrected chi connectivity index (χ4v) is 3.47. The lowest BCUT2D eigenvalue weighted by Gasteiger charge is -2.31.